The molecule has 17 heavy (non-hydrogen) atoms. The molecule has 0 spiro atoms. The van der Waals surface area contributed by atoms with Gasteiger partial charge in [0.1, 0.15) is 0 Å². The maximum atomic E-state index is 6.49. The van der Waals surface area contributed by atoms with Crippen molar-refractivity contribution in [1.29, 1.82) is 0 Å². The normalized spacial score (nSPS) is 46.2. The first-order valence-corrected chi connectivity index (χ1v) is 7.59. The summed E-state index contributed by atoms with van der Waals surface area (Å²) in [5.41, 5.74) is 0.286. The van der Waals surface area contributed by atoms with Crippen LogP contribution in [0.2, 0.25) is 0 Å². The van der Waals surface area contributed by atoms with E-state index >= 15 is 0 Å². The van der Waals surface area contributed by atoms with Crippen LogP contribution >= 0.6 is 0 Å². The first kappa shape index (κ1) is 12.0. The van der Waals surface area contributed by atoms with Gasteiger partial charge >= 0.3 is 0 Å². The zero-order chi connectivity index (χ0) is 12.2. The van der Waals surface area contributed by atoms with Crippen LogP contribution in [0.15, 0.2) is 0 Å². The van der Waals surface area contributed by atoms with Crippen LogP contribution in [0.1, 0.15) is 59.8 Å². The maximum Gasteiger partial charge on any atom is 0.0635 e. The smallest absolute Gasteiger partial charge is 0.0635 e. The molecular formula is C16H28O. The van der Waals surface area contributed by atoms with Crippen molar-refractivity contribution in [3.05, 3.63) is 0 Å². The van der Waals surface area contributed by atoms with Crippen LogP contribution in [-0.4, -0.2) is 12.2 Å². The zero-order valence-corrected chi connectivity index (χ0v) is 11.9. The monoisotopic (exact) mass is 236 g/mol. The molecule has 4 aliphatic carbocycles. The van der Waals surface area contributed by atoms with Crippen molar-refractivity contribution in [2.24, 2.45) is 29.1 Å². The van der Waals surface area contributed by atoms with Crippen LogP contribution in [0, 0.1) is 29.1 Å². The molecule has 4 rings (SSSR count). The summed E-state index contributed by atoms with van der Waals surface area (Å²) in [6.07, 6.45) is 8.39. The summed E-state index contributed by atoms with van der Waals surface area (Å²) in [7, 11) is 0. The lowest BCUT2D eigenvalue weighted by molar-refractivity contribution is -0.166. The Labute approximate surface area is 106 Å². The summed E-state index contributed by atoms with van der Waals surface area (Å²) in [5, 5.41) is 0. The Kier molecular flexibility index (Phi) is 2.81. The highest BCUT2D eigenvalue weighted by atomic mass is 16.5. The fourth-order valence-corrected chi connectivity index (χ4v) is 4.54. The Morgan fingerprint density at radius 1 is 0.882 bits per heavy atom. The quantitative estimate of drug-likeness (QED) is 0.696. The van der Waals surface area contributed by atoms with E-state index in [1.807, 2.05) is 0 Å². The van der Waals surface area contributed by atoms with Crippen LogP contribution < -0.4 is 0 Å². The second-order valence-corrected chi connectivity index (χ2v) is 8.04. The van der Waals surface area contributed by atoms with Gasteiger partial charge in [0.2, 0.25) is 0 Å². The van der Waals surface area contributed by atoms with Crippen molar-refractivity contribution in [3.8, 4) is 0 Å². The van der Waals surface area contributed by atoms with E-state index in [4.69, 9.17) is 4.74 Å². The Morgan fingerprint density at radius 2 is 1.35 bits per heavy atom. The van der Waals surface area contributed by atoms with Crippen molar-refractivity contribution in [3.63, 3.8) is 0 Å². The van der Waals surface area contributed by atoms with E-state index in [2.05, 4.69) is 27.7 Å². The Balaban J connectivity index is 1.68. The fourth-order valence-electron chi connectivity index (χ4n) is 4.54. The molecule has 0 radical (unpaired) electrons. The van der Waals surface area contributed by atoms with Crippen LogP contribution in [0.3, 0.4) is 0 Å². The summed E-state index contributed by atoms with van der Waals surface area (Å²) >= 11 is 0. The molecule has 1 nitrogen and oxygen atoms in total. The number of ether oxygens (including phenoxy) is 1. The van der Waals surface area contributed by atoms with Crippen molar-refractivity contribution >= 4 is 0 Å². The van der Waals surface area contributed by atoms with Crippen molar-refractivity contribution < 1.29 is 4.74 Å². The topological polar surface area (TPSA) is 9.23 Å². The molecule has 4 saturated carbocycles. The van der Waals surface area contributed by atoms with Crippen molar-refractivity contribution in [2.75, 3.05) is 0 Å². The molecule has 4 bridgehead atoms. The number of rotatable bonds is 2. The second kappa shape index (κ2) is 3.98. The lowest BCUT2D eigenvalue weighted by Crippen LogP contribution is -2.51. The average Bonchev–Trinajstić information content (AvgIpc) is 2.20. The van der Waals surface area contributed by atoms with Gasteiger partial charge < -0.3 is 4.74 Å². The number of hydrogen-bond donors (Lipinski definition) is 0. The molecule has 0 heterocycles. The largest absolute Gasteiger partial charge is 0.374 e. The minimum atomic E-state index is 0.286. The van der Waals surface area contributed by atoms with Gasteiger partial charge in [0, 0.05) is 0 Å². The van der Waals surface area contributed by atoms with Crippen LogP contribution in [-0.2, 0) is 4.74 Å². The second-order valence-electron chi connectivity index (χ2n) is 8.04. The SMILES string of the molecule is CC(OC1C2CC3CC(C2)CC1C3)C(C)(C)C. The summed E-state index contributed by atoms with van der Waals surface area (Å²) in [6, 6.07) is 0. The molecule has 0 N–H and O–H groups in total. The third kappa shape index (κ3) is 2.16. The minimum Gasteiger partial charge on any atom is -0.374 e. The van der Waals surface area contributed by atoms with E-state index in [0.29, 0.717) is 12.2 Å². The molecule has 0 amide bonds. The van der Waals surface area contributed by atoms with Gasteiger partial charge in [-0.2, -0.15) is 0 Å². The van der Waals surface area contributed by atoms with Gasteiger partial charge in [-0.3, -0.25) is 0 Å². The van der Waals surface area contributed by atoms with Crippen LogP contribution in [0.25, 0.3) is 0 Å². The summed E-state index contributed by atoms with van der Waals surface area (Å²) in [5.74, 6) is 3.91. The van der Waals surface area contributed by atoms with Gasteiger partial charge in [0.25, 0.3) is 0 Å². The molecule has 98 valence electrons. The lowest BCUT2D eigenvalue weighted by Gasteiger charge is -2.55. The summed E-state index contributed by atoms with van der Waals surface area (Å²) in [4.78, 5) is 0. The molecule has 0 aromatic heterocycles. The first-order valence-electron chi connectivity index (χ1n) is 7.59. The van der Waals surface area contributed by atoms with E-state index in [9.17, 15) is 0 Å². The Hall–Kier alpha value is -0.0400. The van der Waals surface area contributed by atoms with E-state index in [-0.39, 0.29) is 5.41 Å². The maximum absolute atomic E-state index is 6.49. The molecule has 4 fully saturated rings. The molecular weight excluding hydrogens is 208 g/mol. The average molecular weight is 236 g/mol. The lowest BCUT2D eigenvalue weighted by atomic mass is 9.55. The van der Waals surface area contributed by atoms with Gasteiger partial charge in [-0.1, -0.05) is 20.8 Å². The Bertz CT molecular complexity index is 260. The minimum absolute atomic E-state index is 0.286. The predicted molar refractivity (Wildman–Crippen MR) is 70.8 cm³/mol. The highest BCUT2D eigenvalue weighted by Crippen LogP contribution is 2.55. The van der Waals surface area contributed by atoms with Gasteiger partial charge in [0.15, 0.2) is 0 Å². The summed E-state index contributed by atoms with van der Waals surface area (Å²) in [6.45, 7) is 9.17. The van der Waals surface area contributed by atoms with Crippen molar-refractivity contribution in [2.45, 2.75) is 72.0 Å². The molecule has 1 atom stereocenters. The predicted octanol–water partition coefficient (Wildman–Crippen LogP) is 4.26. The van der Waals surface area contributed by atoms with Crippen LogP contribution in [0.4, 0.5) is 0 Å². The first-order chi connectivity index (χ1) is 7.93. The molecule has 0 aromatic carbocycles. The molecule has 0 aromatic rings. The van der Waals surface area contributed by atoms with Gasteiger partial charge in [0.05, 0.1) is 12.2 Å². The van der Waals surface area contributed by atoms with E-state index in [1.54, 1.807) is 0 Å². The zero-order valence-electron chi connectivity index (χ0n) is 11.9. The fraction of sp³-hybridized carbons (Fsp3) is 1.00. The molecule has 1 unspecified atom stereocenters. The van der Waals surface area contributed by atoms with Gasteiger partial charge in [-0.25, -0.2) is 0 Å². The highest BCUT2D eigenvalue weighted by molar-refractivity contribution is 4.99. The van der Waals surface area contributed by atoms with Gasteiger partial charge in [-0.05, 0) is 68.1 Å². The third-order valence-electron chi connectivity index (χ3n) is 5.72. The molecule has 4 aliphatic rings. The molecule has 1 heteroatoms. The molecule has 0 saturated heterocycles. The molecule has 0 aliphatic heterocycles. The van der Waals surface area contributed by atoms with Crippen molar-refractivity contribution in [1.82, 2.24) is 0 Å². The highest BCUT2D eigenvalue weighted by Gasteiger charge is 2.49. The van der Waals surface area contributed by atoms with E-state index in [0.717, 1.165) is 23.7 Å². The number of hydrogen-bond acceptors (Lipinski definition) is 1. The van der Waals surface area contributed by atoms with E-state index < -0.39 is 0 Å². The van der Waals surface area contributed by atoms with E-state index in [1.165, 1.54) is 32.1 Å². The third-order valence-corrected chi connectivity index (χ3v) is 5.72. The van der Waals surface area contributed by atoms with Gasteiger partial charge in [-0.15, -0.1) is 0 Å². The van der Waals surface area contributed by atoms with Crippen LogP contribution in [0.5, 0.6) is 0 Å². The standard InChI is InChI=1S/C16H28O/c1-10(16(2,3)4)17-15-13-6-11-5-12(8-13)9-14(15)7-11/h10-15H,5-9H2,1-4H3. The summed E-state index contributed by atoms with van der Waals surface area (Å²) < 4.78 is 6.49. The Morgan fingerprint density at radius 3 is 1.76 bits per heavy atom.